The first-order valence-corrected chi connectivity index (χ1v) is 9.48. The summed E-state index contributed by atoms with van der Waals surface area (Å²) in [6.45, 7) is -0.691. The smallest absolute Gasteiger partial charge is 0.186 e. The van der Waals surface area contributed by atoms with Crippen LogP contribution in [-0.2, 0) is 14.2 Å². The van der Waals surface area contributed by atoms with Crippen molar-refractivity contribution in [3.8, 4) is 11.5 Å². The van der Waals surface area contributed by atoms with E-state index in [1.165, 1.54) is 7.11 Å². The van der Waals surface area contributed by atoms with Gasteiger partial charge in [-0.2, -0.15) is 0 Å². The van der Waals surface area contributed by atoms with Crippen molar-refractivity contribution in [2.75, 3.05) is 40.6 Å². The van der Waals surface area contributed by atoms with E-state index < -0.39 is 50.0 Å². The van der Waals surface area contributed by atoms with E-state index in [1.807, 2.05) is 12.2 Å². The van der Waals surface area contributed by atoms with Gasteiger partial charge in [0.05, 0.1) is 33.5 Å². The topological polar surface area (TPSA) is 147 Å². The SMILES string of the molecule is COCC=Cc1ccc(OC(CO)COC2OC(CO)C(O)C(O)C2O)c(OC)c1. The van der Waals surface area contributed by atoms with Crippen molar-refractivity contribution >= 4 is 6.08 Å². The molecule has 10 heteroatoms. The van der Waals surface area contributed by atoms with Gasteiger partial charge in [0.2, 0.25) is 0 Å². The normalized spacial score (nSPS) is 27.9. The monoisotopic (exact) mass is 430 g/mol. The van der Waals surface area contributed by atoms with Crippen LogP contribution in [0, 0.1) is 0 Å². The second-order valence-electron chi connectivity index (χ2n) is 6.72. The van der Waals surface area contributed by atoms with E-state index in [4.69, 9.17) is 23.7 Å². The summed E-state index contributed by atoms with van der Waals surface area (Å²) in [6, 6.07) is 5.24. The first-order chi connectivity index (χ1) is 14.4. The van der Waals surface area contributed by atoms with Gasteiger partial charge in [-0.05, 0) is 17.7 Å². The van der Waals surface area contributed by atoms with E-state index in [1.54, 1.807) is 25.3 Å². The molecular formula is C20H30O10. The summed E-state index contributed by atoms with van der Waals surface area (Å²) in [5.74, 6) is 0.818. The maximum Gasteiger partial charge on any atom is 0.186 e. The Morgan fingerprint density at radius 1 is 1.07 bits per heavy atom. The van der Waals surface area contributed by atoms with E-state index in [-0.39, 0.29) is 6.61 Å². The number of methoxy groups -OCH3 is 2. The van der Waals surface area contributed by atoms with Gasteiger partial charge in [0.25, 0.3) is 0 Å². The largest absolute Gasteiger partial charge is 0.493 e. The van der Waals surface area contributed by atoms with E-state index in [9.17, 15) is 25.5 Å². The van der Waals surface area contributed by atoms with E-state index in [2.05, 4.69) is 0 Å². The molecule has 6 atom stereocenters. The maximum atomic E-state index is 10.0. The Labute approximate surface area is 174 Å². The molecule has 0 aliphatic carbocycles. The number of hydrogen-bond acceptors (Lipinski definition) is 10. The molecule has 30 heavy (non-hydrogen) atoms. The minimum atomic E-state index is -1.55. The zero-order valence-corrected chi connectivity index (χ0v) is 17.0. The predicted molar refractivity (Wildman–Crippen MR) is 105 cm³/mol. The molecular weight excluding hydrogens is 400 g/mol. The van der Waals surface area contributed by atoms with Crippen LogP contribution in [-0.4, -0.2) is 103 Å². The van der Waals surface area contributed by atoms with Crippen LogP contribution >= 0.6 is 0 Å². The summed E-state index contributed by atoms with van der Waals surface area (Å²) < 4.78 is 26.7. The molecule has 170 valence electrons. The molecule has 1 aliphatic heterocycles. The number of ether oxygens (including phenoxy) is 5. The van der Waals surface area contributed by atoms with Crippen LogP contribution in [0.1, 0.15) is 5.56 Å². The highest BCUT2D eigenvalue weighted by molar-refractivity contribution is 5.56. The van der Waals surface area contributed by atoms with Crippen LogP contribution in [0.25, 0.3) is 6.08 Å². The van der Waals surface area contributed by atoms with Gasteiger partial charge >= 0.3 is 0 Å². The molecule has 1 saturated heterocycles. The lowest BCUT2D eigenvalue weighted by molar-refractivity contribution is -0.304. The standard InChI is InChI=1S/C20H30O10/c1-26-7-3-4-12-5-6-14(15(8-12)27-2)29-13(9-21)11-28-20-19(25)18(24)17(23)16(10-22)30-20/h3-6,8,13,16-25H,7,9-11H2,1-2H3. The molecule has 0 radical (unpaired) electrons. The molecule has 1 aliphatic rings. The van der Waals surface area contributed by atoms with Crippen LogP contribution in [0.15, 0.2) is 24.3 Å². The van der Waals surface area contributed by atoms with Crippen LogP contribution in [0.2, 0.25) is 0 Å². The number of benzene rings is 1. The zero-order chi connectivity index (χ0) is 22.1. The molecule has 1 heterocycles. The Bertz CT molecular complexity index is 665. The Kier molecular flexibility index (Phi) is 9.95. The summed E-state index contributed by atoms with van der Waals surface area (Å²) in [7, 11) is 3.09. The fourth-order valence-electron chi connectivity index (χ4n) is 2.88. The Hall–Kier alpha value is -1.76. The third kappa shape index (κ3) is 6.37. The molecule has 10 nitrogen and oxygen atoms in total. The van der Waals surface area contributed by atoms with Crippen LogP contribution in [0.5, 0.6) is 11.5 Å². The molecule has 0 bridgehead atoms. The van der Waals surface area contributed by atoms with Crippen molar-refractivity contribution in [1.82, 2.24) is 0 Å². The van der Waals surface area contributed by atoms with Crippen LogP contribution in [0.3, 0.4) is 0 Å². The van der Waals surface area contributed by atoms with Gasteiger partial charge < -0.3 is 49.2 Å². The third-order valence-electron chi connectivity index (χ3n) is 4.55. The average molecular weight is 430 g/mol. The van der Waals surface area contributed by atoms with E-state index in [0.29, 0.717) is 18.1 Å². The predicted octanol–water partition coefficient (Wildman–Crippen LogP) is -1.09. The Morgan fingerprint density at radius 3 is 2.47 bits per heavy atom. The van der Waals surface area contributed by atoms with E-state index in [0.717, 1.165) is 5.56 Å². The summed E-state index contributed by atoms with van der Waals surface area (Å²) in [5, 5.41) is 48.5. The van der Waals surface area contributed by atoms with Gasteiger partial charge in [0.15, 0.2) is 17.8 Å². The third-order valence-corrected chi connectivity index (χ3v) is 4.55. The van der Waals surface area contributed by atoms with Crippen molar-refractivity contribution in [3.05, 3.63) is 29.8 Å². The summed E-state index contributed by atoms with van der Waals surface area (Å²) >= 11 is 0. The van der Waals surface area contributed by atoms with Gasteiger partial charge in [-0.25, -0.2) is 0 Å². The molecule has 6 unspecified atom stereocenters. The second-order valence-corrected chi connectivity index (χ2v) is 6.72. The summed E-state index contributed by atoms with van der Waals surface area (Å²) in [5.41, 5.74) is 0.870. The van der Waals surface area contributed by atoms with Crippen molar-refractivity contribution in [3.63, 3.8) is 0 Å². The number of hydrogen-bond donors (Lipinski definition) is 5. The fraction of sp³-hybridized carbons (Fsp3) is 0.600. The summed E-state index contributed by atoms with van der Waals surface area (Å²) in [4.78, 5) is 0. The Balaban J connectivity index is 2.00. The van der Waals surface area contributed by atoms with Gasteiger partial charge in [0, 0.05) is 7.11 Å². The highest BCUT2D eigenvalue weighted by Gasteiger charge is 2.44. The molecule has 5 N–H and O–H groups in total. The van der Waals surface area contributed by atoms with Gasteiger partial charge in [-0.15, -0.1) is 0 Å². The first-order valence-electron chi connectivity index (χ1n) is 9.48. The molecule has 0 amide bonds. The average Bonchev–Trinajstić information content (AvgIpc) is 2.76. The van der Waals surface area contributed by atoms with Gasteiger partial charge in [-0.1, -0.05) is 18.2 Å². The molecule has 0 saturated carbocycles. The molecule has 0 spiro atoms. The quantitative estimate of drug-likeness (QED) is 0.293. The van der Waals surface area contributed by atoms with Crippen molar-refractivity contribution in [1.29, 1.82) is 0 Å². The fourth-order valence-corrected chi connectivity index (χ4v) is 2.88. The highest BCUT2D eigenvalue weighted by atomic mass is 16.7. The van der Waals surface area contributed by atoms with E-state index >= 15 is 0 Å². The second kappa shape index (κ2) is 12.2. The molecule has 1 aromatic carbocycles. The lowest BCUT2D eigenvalue weighted by atomic mass is 9.99. The van der Waals surface area contributed by atoms with Crippen LogP contribution in [0.4, 0.5) is 0 Å². The summed E-state index contributed by atoms with van der Waals surface area (Å²) in [6.07, 6.45) is -4.07. The minimum Gasteiger partial charge on any atom is -0.493 e. The minimum absolute atomic E-state index is 0.197. The molecule has 2 rings (SSSR count). The molecule has 1 fully saturated rings. The van der Waals surface area contributed by atoms with Gasteiger partial charge in [0.1, 0.15) is 30.5 Å². The number of rotatable bonds is 11. The maximum absolute atomic E-state index is 10.0. The van der Waals surface area contributed by atoms with Crippen molar-refractivity contribution in [2.45, 2.75) is 36.8 Å². The Morgan fingerprint density at radius 2 is 1.83 bits per heavy atom. The number of aliphatic hydroxyl groups excluding tert-OH is 5. The number of aliphatic hydroxyl groups is 5. The van der Waals surface area contributed by atoms with Crippen LogP contribution < -0.4 is 9.47 Å². The first kappa shape index (κ1) is 24.5. The van der Waals surface area contributed by atoms with Crippen molar-refractivity contribution in [2.24, 2.45) is 0 Å². The lowest BCUT2D eigenvalue weighted by Gasteiger charge is -2.39. The molecule has 0 aromatic heterocycles. The lowest BCUT2D eigenvalue weighted by Crippen LogP contribution is -2.59. The van der Waals surface area contributed by atoms with Crippen molar-refractivity contribution < 1.29 is 49.2 Å². The molecule has 1 aromatic rings. The zero-order valence-electron chi connectivity index (χ0n) is 17.0. The highest BCUT2D eigenvalue weighted by Crippen LogP contribution is 2.30. The van der Waals surface area contributed by atoms with Gasteiger partial charge in [-0.3, -0.25) is 0 Å².